The first-order valence-electron chi connectivity index (χ1n) is 10.7. The predicted octanol–water partition coefficient (Wildman–Crippen LogP) is 3.91. The first-order valence-corrected chi connectivity index (χ1v) is 14.4. The molecule has 7 nitrogen and oxygen atoms in total. The van der Waals surface area contributed by atoms with E-state index in [2.05, 4.69) is 31.5 Å². The summed E-state index contributed by atoms with van der Waals surface area (Å²) >= 11 is 3.22. The van der Waals surface area contributed by atoms with Gasteiger partial charge in [-0.2, -0.15) is 0 Å². The van der Waals surface area contributed by atoms with E-state index in [0.717, 1.165) is 15.6 Å². The Morgan fingerprint density at radius 2 is 1.33 bits per heavy atom. The second kappa shape index (κ2) is 12.8. The van der Waals surface area contributed by atoms with E-state index in [1.54, 1.807) is 36.4 Å². The molecule has 1 aliphatic carbocycles. The maximum atomic E-state index is 11.7. The summed E-state index contributed by atoms with van der Waals surface area (Å²) in [5, 5.41) is 9.59. The van der Waals surface area contributed by atoms with E-state index in [1.165, 1.54) is 58.3 Å². The summed E-state index contributed by atoms with van der Waals surface area (Å²) in [5.74, 6) is 0.529. The quantitative estimate of drug-likeness (QED) is 0.476. The van der Waals surface area contributed by atoms with Gasteiger partial charge in [0.05, 0.1) is 16.4 Å². The van der Waals surface area contributed by atoms with Gasteiger partial charge in [-0.05, 0) is 80.4 Å². The number of nitrogens with one attached hydrogen (secondary N) is 2. The summed E-state index contributed by atoms with van der Waals surface area (Å²) in [6.45, 7) is -0.0192. The molecule has 0 radical (unpaired) electrons. The van der Waals surface area contributed by atoms with Crippen LogP contribution in [0, 0.1) is 5.92 Å². The third-order valence-electron chi connectivity index (χ3n) is 5.45. The first kappa shape index (κ1) is 27.7. The second-order valence-corrected chi connectivity index (χ2v) is 12.3. The minimum atomic E-state index is -3.41. The summed E-state index contributed by atoms with van der Waals surface area (Å²) in [7, 11) is -3.91. The number of aliphatic hydroxyl groups is 1. The minimum Gasteiger partial charge on any atom is -0.392 e. The lowest BCUT2D eigenvalue weighted by Crippen LogP contribution is -2.18. The number of benzene rings is 2. The van der Waals surface area contributed by atoms with Crippen molar-refractivity contribution in [2.75, 3.05) is 20.7 Å². The van der Waals surface area contributed by atoms with Crippen molar-refractivity contribution in [2.45, 2.75) is 41.9 Å². The van der Waals surface area contributed by atoms with Crippen LogP contribution in [0.2, 0.25) is 0 Å². The molecule has 33 heavy (non-hydrogen) atoms. The van der Waals surface area contributed by atoms with E-state index in [0.29, 0.717) is 5.92 Å². The summed E-state index contributed by atoms with van der Waals surface area (Å²) in [5.41, 5.74) is 1.77. The van der Waals surface area contributed by atoms with Gasteiger partial charge in [-0.3, -0.25) is 0 Å². The molecule has 0 amide bonds. The number of hydrogen-bond acceptors (Lipinski definition) is 5. The Morgan fingerprint density at radius 3 is 1.76 bits per heavy atom. The predicted molar refractivity (Wildman–Crippen MR) is 135 cm³/mol. The lowest BCUT2D eigenvalue weighted by molar-refractivity contribution is 0.347. The molecule has 0 saturated heterocycles. The van der Waals surface area contributed by atoms with Crippen LogP contribution in [0.15, 0.2) is 68.9 Å². The highest BCUT2D eigenvalue weighted by Gasteiger charge is 2.14. The van der Waals surface area contributed by atoms with Crippen LogP contribution in [0.1, 0.15) is 37.7 Å². The Kier molecular flexibility index (Phi) is 10.7. The molecule has 0 atom stereocenters. The van der Waals surface area contributed by atoms with Crippen LogP contribution in [0.5, 0.6) is 0 Å². The van der Waals surface area contributed by atoms with Gasteiger partial charge < -0.3 is 5.11 Å². The van der Waals surface area contributed by atoms with Crippen molar-refractivity contribution >= 4 is 41.5 Å². The molecule has 0 heterocycles. The van der Waals surface area contributed by atoms with Crippen molar-refractivity contribution in [2.24, 2.45) is 5.92 Å². The number of allylic oxidation sites excluding steroid dienone is 1. The number of aliphatic hydroxyl groups excluding tert-OH is 1. The fourth-order valence-electron chi connectivity index (χ4n) is 3.52. The Bertz CT molecular complexity index is 1120. The summed E-state index contributed by atoms with van der Waals surface area (Å²) in [6.07, 6.45) is 8.31. The zero-order chi connectivity index (χ0) is 24.5. The Labute approximate surface area is 205 Å². The molecule has 0 aromatic heterocycles. The van der Waals surface area contributed by atoms with Gasteiger partial charge in [-0.15, -0.1) is 0 Å². The van der Waals surface area contributed by atoms with Crippen molar-refractivity contribution in [3.63, 3.8) is 0 Å². The number of sulfonamides is 2. The van der Waals surface area contributed by atoms with Gasteiger partial charge in [0, 0.05) is 4.47 Å². The SMILES string of the molecule is CNS(=O)(=O)c1ccc(/C(=C\C2CCCCC2)CO)cc1.CNS(=O)(=O)c1ccc(Br)cc1. The van der Waals surface area contributed by atoms with Crippen molar-refractivity contribution < 1.29 is 21.9 Å². The largest absolute Gasteiger partial charge is 0.392 e. The average molecular weight is 560 g/mol. The zero-order valence-electron chi connectivity index (χ0n) is 18.8. The molecular formula is C23H31BrN2O5S2. The molecule has 2 aromatic carbocycles. The normalized spacial score (nSPS) is 15.6. The average Bonchev–Trinajstić information content (AvgIpc) is 2.84. The fraction of sp³-hybridized carbons (Fsp3) is 0.391. The van der Waals surface area contributed by atoms with E-state index in [4.69, 9.17) is 0 Å². The van der Waals surface area contributed by atoms with Crippen molar-refractivity contribution in [1.29, 1.82) is 0 Å². The number of hydrogen-bond donors (Lipinski definition) is 3. The Balaban J connectivity index is 0.000000273. The second-order valence-electron chi connectivity index (χ2n) is 7.64. The molecule has 0 aliphatic heterocycles. The van der Waals surface area contributed by atoms with E-state index in [1.807, 2.05) is 0 Å². The Hall–Kier alpha value is -1.56. The molecule has 0 spiro atoms. The van der Waals surface area contributed by atoms with Gasteiger partial charge in [-0.25, -0.2) is 26.3 Å². The van der Waals surface area contributed by atoms with E-state index < -0.39 is 20.0 Å². The molecule has 1 saturated carbocycles. The first-order chi connectivity index (χ1) is 15.6. The summed E-state index contributed by atoms with van der Waals surface area (Å²) in [4.78, 5) is 0.511. The van der Waals surface area contributed by atoms with Gasteiger partial charge in [0.2, 0.25) is 20.0 Å². The molecule has 1 aliphatic rings. The third-order valence-corrected chi connectivity index (χ3v) is 8.84. The topological polar surface area (TPSA) is 113 Å². The number of halogens is 1. The molecule has 2 aromatic rings. The monoisotopic (exact) mass is 558 g/mol. The lowest BCUT2D eigenvalue weighted by Gasteiger charge is -2.19. The van der Waals surface area contributed by atoms with Crippen molar-refractivity contribution in [3.05, 3.63) is 64.6 Å². The van der Waals surface area contributed by atoms with Gasteiger partial charge in [0.1, 0.15) is 0 Å². The van der Waals surface area contributed by atoms with Crippen LogP contribution in [0.3, 0.4) is 0 Å². The summed E-state index contributed by atoms with van der Waals surface area (Å²) in [6, 6.07) is 13.1. The molecular weight excluding hydrogens is 528 g/mol. The highest BCUT2D eigenvalue weighted by atomic mass is 79.9. The van der Waals surface area contributed by atoms with E-state index in [9.17, 15) is 21.9 Å². The minimum absolute atomic E-state index is 0.0192. The van der Waals surface area contributed by atoms with Crippen LogP contribution in [0.25, 0.3) is 5.57 Å². The molecule has 10 heteroatoms. The summed E-state index contributed by atoms with van der Waals surface area (Å²) < 4.78 is 51.1. The van der Waals surface area contributed by atoms with Gasteiger partial charge in [0.25, 0.3) is 0 Å². The van der Waals surface area contributed by atoms with Crippen LogP contribution < -0.4 is 9.44 Å². The zero-order valence-corrected chi connectivity index (χ0v) is 22.0. The number of rotatable bonds is 7. The molecule has 3 rings (SSSR count). The van der Waals surface area contributed by atoms with Crippen molar-refractivity contribution in [3.8, 4) is 0 Å². The molecule has 182 valence electrons. The lowest BCUT2D eigenvalue weighted by atomic mass is 9.87. The van der Waals surface area contributed by atoms with Crippen LogP contribution >= 0.6 is 15.9 Å². The highest BCUT2D eigenvalue weighted by molar-refractivity contribution is 9.10. The maximum Gasteiger partial charge on any atom is 0.240 e. The van der Waals surface area contributed by atoms with Gasteiger partial charge >= 0.3 is 0 Å². The standard InChI is InChI=1S/C16H23NO3S.C7H8BrNO2S/c1-17-21(19,20)16-9-7-14(8-10-16)15(12-18)11-13-5-3-2-4-6-13;1-9-12(10,11)7-4-2-6(8)3-5-7/h7-11,13,17-18H,2-6,12H2,1H3;2-5,9H,1H3/b15-11-;. The van der Waals surface area contributed by atoms with E-state index >= 15 is 0 Å². The fourth-order valence-corrected chi connectivity index (χ4v) is 5.25. The van der Waals surface area contributed by atoms with E-state index in [-0.39, 0.29) is 16.4 Å². The molecule has 0 unspecified atom stereocenters. The highest BCUT2D eigenvalue weighted by Crippen LogP contribution is 2.28. The van der Waals surface area contributed by atoms with Crippen LogP contribution in [-0.4, -0.2) is 42.6 Å². The van der Waals surface area contributed by atoms with Gasteiger partial charge in [0.15, 0.2) is 0 Å². The smallest absolute Gasteiger partial charge is 0.240 e. The Morgan fingerprint density at radius 1 is 0.879 bits per heavy atom. The van der Waals surface area contributed by atoms with Crippen LogP contribution in [0.4, 0.5) is 0 Å². The maximum absolute atomic E-state index is 11.7. The van der Waals surface area contributed by atoms with Crippen molar-refractivity contribution in [1.82, 2.24) is 9.44 Å². The van der Waals surface area contributed by atoms with Crippen LogP contribution in [-0.2, 0) is 20.0 Å². The molecule has 1 fully saturated rings. The third kappa shape index (κ3) is 8.31. The van der Waals surface area contributed by atoms with Gasteiger partial charge in [-0.1, -0.05) is 53.4 Å². The molecule has 3 N–H and O–H groups in total. The molecule has 0 bridgehead atoms.